The molecule has 1 amide bonds. The quantitative estimate of drug-likeness (QED) is 0.309. The number of aromatic nitrogens is 3. The number of nitrogens with zero attached hydrogens (tertiary/aromatic N) is 4. The predicted octanol–water partition coefficient (Wildman–Crippen LogP) is 5.13. The van der Waals surface area contributed by atoms with E-state index >= 15 is 0 Å². The number of ether oxygens (including phenoxy) is 1. The molecule has 0 spiro atoms. The number of carbonyl (C=O) groups is 1. The number of nitrogens with one attached hydrogen (secondary N) is 1. The van der Waals surface area contributed by atoms with E-state index in [1.165, 1.54) is 28.2 Å². The molecule has 0 saturated heterocycles. The van der Waals surface area contributed by atoms with Gasteiger partial charge in [-0.1, -0.05) is 23.7 Å². The summed E-state index contributed by atoms with van der Waals surface area (Å²) in [5.41, 5.74) is 2.03. The highest BCUT2D eigenvalue weighted by atomic mass is 35.5. The minimum Gasteiger partial charge on any atom is -0.497 e. The number of rotatable bonds is 6. The summed E-state index contributed by atoms with van der Waals surface area (Å²) in [5, 5.41) is 20.7. The number of methoxy groups -OCH3 is 1. The Kier molecular flexibility index (Phi) is 5.89. The molecule has 2 heterocycles. The SMILES string of the molecule is COc1cccc(-c2csc(-n3nc(C)cc3NC(=O)c3cc([N+](=O)[O-])ccc3Cl)n2)c1. The molecule has 0 aliphatic carbocycles. The fourth-order valence-electron chi connectivity index (χ4n) is 3.00. The lowest BCUT2D eigenvalue weighted by Gasteiger charge is -2.08. The maximum atomic E-state index is 12.8. The minimum atomic E-state index is -0.593. The van der Waals surface area contributed by atoms with Gasteiger partial charge in [-0.2, -0.15) is 9.78 Å². The molecule has 0 atom stereocenters. The first kappa shape index (κ1) is 21.5. The Morgan fingerprint density at radius 3 is 2.81 bits per heavy atom. The van der Waals surface area contributed by atoms with Crippen molar-refractivity contribution in [1.29, 1.82) is 0 Å². The standard InChI is InChI=1S/C21H16ClN5O4S/c1-12-8-19(24-20(28)16-10-14(27(29)30)6-7-17(16)22)26(25-12)21-23-18(11-32-21)13-4-3-5-15(9-13)31-2/h3-11H,1-2H3,(H,24,28). The number of carbonyl (C=O) groups excluding carboxylic acids is 1. The van der Waals surface area contributed by atoms with Crippen molar-refractivity contribution in [3.63, 3.8) is 0 Å². The summed E-state index contributed by atoms with van der Waals surface area (Å²) in [6.07, 6.45) is 0. The predicted molar refractivity (Wildman–Crippen MR) is 122 cm³/mol. The normalized spacial score (nSPS) is 10.7. The highest BCUT2D eigenvalue weighted by Gasteiger charge is 2.19. The van der Waals surface area contributed by atoms with E-state index in [0.717, 1.165) is 17.3 Å². The molecule has 0 fully saturated rings. The third-order valence-corrected chi connectivity index (χ3v) is 5.66. The van der Waals surface area contributed by atoms with Gasteiger partial charge in [0.2, 0.25) is 5.13 Å². The van der Waals surface area contributed by atoms with Gasteiger partial charge in [-0.3, -0.25) is 14.9 Å². The van der Waals surface area contributed by atoms with Crippen LogP contribution in [-0.4, -0.2) is 32.7 Å². The van der Waals surface area contributed by atoms with Gasteiger partial charge in [0.15, 0.2) is 0 Å². The molecular formula is C21H16ClN5O4S. The first-order valence-electron chi connectivity index (χ1n) is 9.28. The summed E-state index contributed by atoms with van der Waals surface area (Å²) in [4.78, 5) is 27.9. The Bertz CT molecular complexity index is 1330. The first-order valence-corrected chi connectivity index (χ1v) is 10.5. The summed E-state index contributed by atoms with van der Waals surface area (Å²) in [5.74, 6) is 0.486. The van der Waals surface area contributed by atoms with Crippen LogP contribution in [0.1, 0.15) is 16.1 Å². The van der Waals surface area contributed by atoms with E-state index in [1.54, 1.807) is 20.1 Å². The summed E-state index contributed by atoms with van der Waals surface area (Å²) in [7, 11) is 1.60. The molecule has 162 valence electrons. The lowest BCUT2D eigenvalue weighted by molar-refractivity contribution is -0.384. The molecular weight excluding hydrogens is 454 g/mol. The Balaban J connectivity index is 1.64. The summed E-state index contributed by atoms with van der Waals surface area (Å²) >= 11 is 7.45. The van der Waals surface area contributed by atoms with E-state index in [9.17, 15) is 14.9 Å². The van der Waals surface area contributed by atoms with E-state index in [-0.39, 0.29) is 16.3 Å². The van der Waals surface area contributed by atoms with Crippen molar-refractivity contribution in [1.82, 2.24) is 14.8 Å². The van der Waals surface area contributed by atoms with E-state index in [0.29, 0.717) is 22.4 Å². The number of non-ortho nitro benzene ring substituents is 1. The second-order valence-electron chi connectivity index (χ2n) is 6.71. The molecule has 32 heavy (non-hydrogen) atoms. The molecule has 2 aromatic heterocycles. The van der Waals surface area contributed by atoms with Crippen molar-refractivity contribution in [3.05, 3.63) is 80.3 Å². The smallest absolute Gasteiger partial charge is 0.270 e. The molecule has 1 N–H and O–H groups in total. The van der Waals surface area contributed by atoms with Crippen molar-refractivity contribution in [2.75, 3.05) is 12.4 Å². The highest BCUT2D eigenvalue weighted by molar-refractivity contribution is 7.12. The molecule has 0 radical (unpaired) electrons. The molecule has 0 saturated carbocycles. The lowest BCUT2D eigenvalue weighted by atomic mass is 10.2. The molecule has 0 bridgehead atoms. The van der Waals surface area contributed by atoms with Crippen LogP contribution in [0.4, 0.5) is 11.5 Å². The summed E-state index contributed by atoms with van der Waals surface area (Å²) in [6, 6.07) is 12.9. The van der Waals surface area contributed by atoms with Gasteiger partial charge >= 0.3 is 0 Å². The van der Waals surface area contributed by atoms with Crippen LogP contribution in [0.2, 0.25) is 5.02 Å². The van der Waals surface area contributed by atoms with Gasteiger partial charge in [0.05, 0.1) is 34.0 Å². The van der Waals surface area contributed by atoms with Crippen LogP contribution in [-0.2, 0) is 0 Å². The largest absolute Gasteiger partial charge is 0.497 e. The molecule has 4 aromatic rings. The van der Waals surface area contributed by atoms with Crippen molar-refractivity contribution in [2.24, 2.45) is 0 Å². The molecule has 4 rings (SSSR count). The summed E-state index contributed by atoms with van der Waals surface area (Å²) < 4.78 is 6.77. The third-order valence-electron chi connectivity index (χ3n) is 4.52. The van der Waals surface area contributed by atoms with Crippen LogP contribution in [0.5, 0.6) is 5.75 Å². The third kappa shape index (κ3) is 4.32. The number of anilines is 1. The molecule has 0 aliphatic heterocycles. The Labute approximate surface area is 191 Å². The van der Waals surface area contributed by atoms with Gasteiger partial charge in [-0.05, 0) is 25.1 Å². The zero-order valence-electron chi connectivity index (χ0n) is 16.9. The van der Waals surface area contributed by atoms with Gasteiger partial charge in [0, 0.05) is 29.1 Å². The number of nitro benzene ring substituents is 1. The molecule has 9 nitrogen and oxygen atoms in total. The van der Waals surface area contributed by atoms with E-state index in [4.69, 9.17) is 16.3 Å². The van der Waals surface area contributed by atoms with E-state index < -0.39 is 10.8 Å². The van der Waals surface area contributed by atoms with E-state index in [1.807, 2.05) is 29.6 Å². The summed E-state index contributed by atoms with van der Waals surface area (Å²) in [6.45, 7) is 1.78. The number of hydrogen-bond acceptors (Lipinski definition) is 7. The number of halogens is 1. The average molecular weight is 470 g/mol. The van der Waals surface area contributed by atoms with Crippen LogP contribution in [0.15, 0.2) is 53.9 Å². The van der Waals surface area contributed by atoms with Crippen LogP contribution in [0.3, 0.4) is 0 Å². The highest BCUT2D eigenvalue weighted by Crippen LogP contribution is 2.29. The number of benzene rings is 2. The van der Waals surface area contributed by atoms with Crippen LogP contribution >= 0.6 is 22.9 Å². The zero-order valence-corrected chi connectivity index (χ0v) is 18.5. The maximum Gasteiger partial charge on any atom is 0.270 e. The fraction of sp³-hybridized carbons (Fsp3) is 0.0952. The lowest BCUT2D eigenvalue weighted by Crippen LogP contribution is -2.15. The number of thiazole rings is 1. The van der Waals surface area contributed by atoms with Gasteiger partial charge in [0.1, 0.15) is 11.6 Å². The fourth-order valence-corrected chi connectivity index (χ4v) is 3.99. The number of nitro groups is 1. The second-order valence-corrected chi connectivity index (χ2v) is 7.95. The topological polar surface area (TPSA) is 112 Å². The Hall–Kier alpha value is -3.76. The van der Waals surface area contributed by atoms with Gasteiger partial charge < -0.3 is 10.1 Å². The first-order chi connectivity index (χ1) is 15.4. The number of amides is 1. The molecule has 2 aromatic carbocycles. The Morgan fingerprint density at radius 1 is 1.25 bits per heavy atom. The maximum absolute atomic E-state index is 12.8. The zero-order chi connectivity index (χ0) is 22.8. The monoisotopic (exact) mass is 469 g/mol. The van der Waals surface area contributed by atoms with Crippen molar-refractivity contribution < 1.29 is 14.5 Å². The molecule has 0 aliphatic rings. The van der Waals surface area contributed by atoms with Crippen molar-refractivity contribution >= 4 is 40.4 Å². The van der Waals surface area contributed by atoms with E-state index in [2.05, 4.69) is 15.4 Å². The van der Waals surface area contributed by atoms with Crippen LogP contribution < -0.4 is 10.1 Å². The molecule has 0 unspecified atom stereocenters. The second kappa shape index (κ2) is 8.77. The Morgan fingerprint density at radius 2 is 2.06 bits per heavy atom. The minimum absolute atomic E-state index is 0.0116. The number of aryl methyl sites for hydroxylation is 1. The average Bonchev–Trinajstić information content (AvgIpc) is 3.40. The van der Waals surface area contributed by atoms with Gasteiger partial charge in [0.25, 0.3) is 11.6 Å². The van der Waals surface area contributed by atoms with Crippen LogP contribution in [0, 0.1) is 17.0 Å². The van der Waals surface area contributed by atoms with Gasteiger partial charge in [-0.25, -0.2) is 4.98 Å². The van der Waals surface area contributed by atoms with Crippen molar-refractivity contribution in [2.45, 2.75) is 6.92 Å². The number of hydrogen-bond donors (Lipinski definition) is 1. The van der Waals surface area contributed by atoms with Crippen molar-refractivity contribution in [3.8, 4) is 22.1 Å². The van der Waals surface area contributed by atoms with Gasteiger partial charge in [-0.15, -0.1) is 11.3 Å². The molecule has 11 heteroatoms. The van der Waals surface area contributed by atoms with Crippen LogP contribution in [0.25, 0.3) is 16.4 Å².